The van der Waals surface area contributed by atoms with Gasteiger partial charge in [0, 0.05) is 36.0 Å². The van der Waals surface area contributed by atoms with Gasteiger partial charge >= 0.3 is 0 Å². The molecule has 4 nitrogen and oxygen atoms in total. The lowest BCUT2D eigenvalue weighted by Gasteiger charge is -2.52. The van der Waals surface area contributed by atoms with E-state index in [-0.39, 0.29) is 0 Å². The van der Waals surface area contributed by atoms with E-state index in [1.807, 2.05) is 6.92 Å². The Morgan fingerprint density at radius 3 is 2.50 bits per heavy atom. The molecule has 0 saturated carbocycles. The van der Waals surface area contributed by atoms with Gasteiger partial charge in [0.2, 0.25) is 5.88 Å². The van der Waals surface area contributed by atoms with Crippen LogP contribution in [0.15, 0.2) is 42.6 Å². The van der Waals surface area contributed by atoms with Crippen LogP contribution in [0, 0.1) is 6.92 Å². The summed E-state index contributed by atoms with van der Waals surface area (Å²) in [7, 11) is 1.64. The second kappa shape index (κ2) is 7.01. The van der Waals surface area contributed by atoms with E-state index in [2.05, 4.69) is 46.3 Å². The summed E-state index contributed by atoms with van der Waals surface area (Å²) in [6, 6.07) is 13.6. The van der Waals surface area contributed by atoms with Crippen molar-refractivity contribution in [1.82, 2.24) is 9.88 Å². The quantitative estimate of drug-likeness (QED) is 0.909. The van der Waals surface area contributed by atoms with Gasteiger partial charge in [-0.05, 0) is 44.2 Å². The highest BCUT2D eigenvalue weighted by Gasteiger charge is 2.46. The normalized spacial score (nSPS) is 28.7. The van der Waals surface area contributed by atoms with Crippen LogP contribution in [0.1, 0.15) is 48.8 Å². The summed E-state index contributed by atoms with van der Waals surface area (Å²) in [6.45, 7) is 2.97. The maximum Gasteiger partial charge on any atom is 0.215 e. The van der Waals surface area contributed by atoms with Gasteiger partial charge in [-0.1, -0.05) is 36.8 Å². The largest absolute Gasteiger partial charge is 0.481 e. The highest BCUT2D eigenvalue weighted by molar-refractivity contribution is 5.32. The number of rotatable bonds is 4. The first-order valence-electron chi connectivity index (χ1n) is 9.62. The van der Waals surface area contributed by atoms with Gasteiger partial charge in [0.25, 0.3) is 0 Å². The zero-order valence-electron chi connectivity index (χ0n) is 15.7. The van der Waals surface area contributed by atoms with E-state index in [4.69, 9.17) is 4.74 Å². The van der Waals surface area contributed by atoms with Gasteiger partial charge in [-0.15, -0.1) is 0 Å². The number of piperidine rings is 2. The first-order valence-corrected chi connectivity index (χ1v) is 9.62. The van der Waals surface area contributed by atoms with Crippen LogP contribution >= 0.6 is 0 Å². The van der Waals surface area contributed by atoms with Gasteiger partial charge in [-0.3, -0.25) is 4.90 Å². The molecule has 4 heteroatoms. The summed E-state index contributed by atoms with van der Waals surface area (Å²) in [4.78, 5) is 7.02. The molecule has 3 heterocycles. The van der Waals surface area contributed by atoms with Gasteiger partial charge in [-0.2, -0.15) is 0 Å². The molecule has 2 unspecified atom stereocenters. The number of aliphatic hydroxyl groups is 1. The molecule has 2 bridgehead atoms. The molecule has 2 saturated heterocycles. The maximum atomic E-state index is 11.5. The molecule has 138 valence electrons. The van der Waals surface area contributed by atoms with E-state index >= 15 is 0 Å². The molecule has 2 aliphatic rings. The van der Waals surface area contributed by atoms with Crippen LogP contribution in [0.25, 0.3) is 0 Å². The SMILES string of the molecule is COc1ncc(C2(O)CC3CCCC(C2)N3Cc2ccccc2)cc1C. The number of fused-ring (bicyclic) bond motifs is 2. The molecule has 2 fully saturated rings. The average Bonchev–Trinajstić information content (AvgIpc) is 2.63. The molecule has 1 aromatic carbocycles. The molecule has 1 aromatic heterocycles. The highest BCUT2D eigenvalue weighted by atomic mass is 16.5. The van der Waals surface area contributed by atoms with Crippen molar-refractivity contribution in [3.8, 4) is 5.88 Å². The van der Waals surface area contributed by atoms with Gasteiger partial charge in [0.15, 0.2) is 0 Å². The van der Waals surface area contributed by atoms with Gasteiger partial charge in [-0.25, -0.2) is 4.98 Å². The number of nitrogens with zero attached hydrogens (tertiary/aromatic N) is 2. The molecule has 0 radical (unpaired) electrons. The first kappa shape index (κ1) is 17.5. The van der Waals surface area contributed by atoms with Crippen molar-refractivity contribution in [2.24, 2.45) is 0 Å². The van der Waals surface area contributed by atoms with Crippen LogP contribution in [0.4, 0.5) is 0 Å². The second-order valence-electron chi connectivity index (χ2n) is 7.89. The fourth-order valence-electron chi connectivity index (χ4n) is 4.84. The number of hydrogen-bond acceptors (Lipinski definition) is 4. The summed E-state index contributed by atoms with van der Waals surface area (Å²) in [5, 5.41) is 11.5. The predicted octanol–water partition coefficient (Wildman–Crippen LogP) is 3.80. The number of pyridine rings is 1. The van der Waals surface area contributed by atoms with E-state index in [9.17, 15) is 5.11 Å². The van der Waals surface area contributed by atoms with Crippen molar-refractivity contribution in [3.63, 3.8) is 0 Å². The fourth-order valence-corrected chi connectivity index (χ4v) is 4.84. The van der Waals surface area contributed by atoms with Crippen LogP contribution in [0.2, 0.25) is 0 Å². The third-order valence-corrected chi connectivity index (χ3v) is 6.13. The van der Waals surface area contributed by atoms with E-state index in [1.165, 1.54) is 12.0 Å². The molecule has 4 rings (SSSR count). The maximum absolute atomic E-state index is 11.5. The molecule has 0 amide bonds. The number of benzene rings is 1. The third-order valence-electron chi connectivity index (χ3n) is 6.13. The molecule has 2 aliphatic heterocycles. The fraction of sp³-hybridized carbons (Fsp3) is 0.500. The molecular formula is C22H28N2O2. The van der Waals surface area contributed by atoms with Gasteiger partial charge in [0.05, 0.1) is 12.7 Å². The zero-order valence-corrected chi connectivity index (χ0v) is 15.7. The minimum absolute atomic E-state index is 0.426. The zero-order chi connectivity index (χ0) is 18.1. The highest BCUT2D eigenvalue weighted by Crippen LogP contribution is 2.45. The Morgan fingerprint density at radius 2 is 1.88 bits per heavy atom. The standard InChI is InChI=1S/C22H28N2O2/c1-16-11-18(14-23-21(16)26-2)22(25)12-19-9-6-10-20(13-22)24(19)15-17-7-4-3-5-8-17/h3-5,7-8,11,14,19-20,25H,6,9-10,12-13,15H2,1-2H3. The minimum Gasteiger partial charge on any atom is -0.481 e. The monoisotopic (exact) mass is 352 g/mol. The summed E-state index contributed by atoms with van der Waals surface area (Å²) >= 11 is 0. The van der Waals surface area contributed by atoms with Crippen LogP contribution in [-0.4, -0.2) is 34.2 Å². The number of hydrogen-bond donors (Lipinski definition) is 1. The van der Waals surface area contributed by atoms with Gasteiger partial charge < -0.3 is 9.84 Å². The van der Waals surface area contributed by atoms with Crippen molar-refractivity contribution < 1.29 is 9.84 Å². The van der Waals surface area contributed by atoms with Gasteiger partial charge in [0.1, 0.15) is 0 Å². The Bertz CT molecular complexity index is 748. The third kappa shape index (κ3) is 3.24. The first-order chi connectivity index (χ1) is 12.6. The molecule has 1 N–H and O–H groups in total. The van der Waals surface area contributed by atoms with E-state index in [0.717, 1.165) is 43.4 Å². The van der Waals surface area contributed by atoms with Crippen molar-refractivity contribution in [1.29, 1.82) is 0 Å². The minimum atomic E-state index is -0.785. The van der Waals surface area contributed by atoms with E-state index < -0.39 is 5.60 Å². The van der Waals surface area contributed by atoms with E-state index in [0.29, 0.717) is 18.0 Å². The molecule has 0 spiro atoms. The number of methoxy groups -OCH3 is 1. The molecule has 26 heavy (non-hydrogen) atoms. The molecule has 2 aromatic rings. The smallest absolute Gasteiger partial charge is 0.215 e. The lowest BCUT2D eigenvalue weighted by Crippen LogP contribution is -2.56. The van der Waals surface area contributed by atoms with Crippen LogP contribution in [0.3, 0.4) is 0 Å². The Hall–Kier alpha value is -1.91. The Labute approximate surface area is 155 Å². The van der Waals surface area contributed by atoms with E-state index in [1.54, 1.807) is 13.3 Å². The number of ether oxygens (including phenoxy) is 1. The molecule has 2 atom stereocenters. The molecular weight excluding hydrogens is 324 g/mol. The van der Waals surface area contributed by atoms with Crippen molar-refractivity contribution in [3.05, 3.63) is 59.3 Å². The van der Waals surface area contributed by atoms with Crippen LogP contribution in [0.5, 0.6) is 5.88 Å². The number of aryl methyl sites for hydroxylation is 1. The Morgan fingerprint density at radius 1 is 1.19 bits per heavy atom. The van der Waals surface area contributed by atoms with Crippen molar-refractivity contribution in [2.45, 2.75) is 63.3 Å². The predicted molar refractivity (Wildman–Crippen MR) is 102 cm³/mol. The van der Waals surface area contributed by atoms with Crippen LogP contribution in [-0.2, 0) is 12.1 Å². The van der Waals surface area contributed by atoms with Crippen LogP contribution < -0.4 is 4.74 Å². The lowest BCUT2D eigenvalue weighted by molar-refractivity contribution is -0.100. The van der Waals surface area contributed by atoms with Crippen molar-refractivity contribution >= 4 is 0 Å². The Kier molecular flexibility index (Phi) is 4.72. The topological polar surface area (TPSA) is 45.6 Å². The summed E-state index contributed by atoms with van der Waals surface area (Å²) in [5.41, 5.74) is 2.49. The lowest BCUT2D eigenvalue weighted by atomic mass is 9.72. The summed E-state index contributed by atoms with van der Waals surface area (Å²) in [6.07, 6.45) is 6.95. The average molecular weight is 352 g/mol. The summed E-state index contributed by atoms with van der Waals surface area (Å²) < 4.78 is 5.28. The van der Waals surface area contributed by atoms with Crippen molar-refractivity contribution in [2.75, 3.05) is 7.11 Å². The Balaban J connectivity index is 1.58. The molecule has 0 aliphatic carbocycles. The number of aromatic nitrogens is 1. The summed E-state index contributed by atoms with van der Waals surface area (Å²) in [5.74, 6) is 0.638. The second-order valence-corrected chi connectivity index (χ2v) is 7.89.